The van der Waals surface area contributed by atoms with Crippen molar-refractivity contribution in [3.63, 3.8) is 0 Å². The lowest BCUT2D eigenvalue weighted by Crippen LogP contribution is -2.35. The fourth-order valence-corrected chi connectivity index (χ4v) is 4.95. The van der Waals surface area contributed by atoms with Gasteiger partial charge >= 0.3 is 5.97 Å². The second-order valence-electron chi connectivity index (χ2n) is 8.49. The number of carboxylic acid groups (broad SMARTS) is 1. The van der Waals surface area contributed by atoms with E-state index in [-0.39, 0.29) is 5.56 Å². The van der Waals surface area contributed by atoms with Crippen LogP contribution in [0.1, 0.15) is 35.2 Å². The highest BCUT2D eigenvalue weighted by Gasteiger charge is 2.43. The Hall–Kier alpha value is -2.52. The van der Waals surface area contributed by atoms with Gasteiger partial charge in [0.25, 0.3) is 0 Å². The van der Waals surface area contributed by atoms with Crippen LogP contribution >= 0.6 is 0 Å². The molecule has 2 fully saturated rings. The van der Waals surface area contributed by atoms with E-state index in [0.717, 1.165) is 38.1 Å². The first-order valence-corrected chi connectivity index (χ1v) is 12.4. The van der Waals surface area contributed by atoms with Gasteiger partial charge in [0, 0.05) is 31.7 Å². The number of piperidine rings is 1. The van der Waals surface area contributed by atoms with Crippen LogP contribution in [0.15, 0.2) is 41.6 Å². The molecule has 0 radical (unpaired) electrons. The van der Waals surface area contributed by atoms with E-state index < -0.39 is 15.8 Å². The lowest BCUT2D eigenvalue weighted by atomic mass is 9.91. The van der Waals surface area contributed by atoms with Crippen LogP contribution in [0.25, 0.3) is 0 Å². The molecule has 2 aliphatic rings. The maximum Gasteiger partial charge on any atom is 0.338 e. The predicted octanol–water partition coefficient (Wildman–Crippen LogP) is 2.65. The number of anilines is 1. The van der Waals surface area contributed by atoms with Crippen molar-refractivity contribution in [3.05, 3.63) is 47.8 Å². The Kier molecular flexibility index (Phi) is 6.24. The van der Waals surface area contributed by atoms with Gasteiger partial charge in [0.15, 0.2) is 9.84 Å². The molecule has 0 amide bonds. The van der Waals surface area contributed by atoms with Crippen LogP contribution in [-0.2, 0) is 21.2 Å². The zero-order valence-corrected chi connectivity index (χ0v) is 18.3. The van der Waals surface area contributed by atoms with Crippen LogP contribution in [0.5, 0.6) is 0 Å². The molecule has 1 saturated heterocycles. The fraction of sp³-hybridized carbons (Fsp3) is 0.500. The number of sulfone groups is 1. The van der Waals surface area contributed by atoms with Crippen molar-refractivity contribution in [2.75, 3.05) is 30.9 Å². The minimum Gasteiger partial charge on any atom is -0.478 e. The first kappa shape index (κ1) is 21.7. The zero-order chi connectivity index (χ0) is 22.0. The smallest absolute Gasteiger partial charge is 0.338 e. The summed E-state index contributed by atoms with van der Waals surface area (Å²) in [5.41, 5.74) is 1.08. The van der Waals surface area contributed by atoms with Gasteiger partial charge in [-0.05, 0) is 54.7 Å². The quantitative estimate of drug-likeness (QED) is 0.660. The van der Waals surface area contributed by atoms with Gasteiger partial charge in [-0.1, -0.05) is 12.1 Å². The second kappa shape index (κ2) is 8.92. The molecule has 1 aromatic carbocycles. The topological polar surface area (TPSA) is 110 Å². The molecule has 0 bridgehead atoms. The number of benzene rings is 1. The molecule has 1 aliphatic carbocycles. The monoisotopic (exact) mass is 445 g/mol. The number of carbonyl (C=O) groups is 1. The van der Waals surface area contributed by atoms with Crippen LogP contribution in [0, 0.1) is 17.8 Å². The van der Waals surface area contributed by atoms with Gasteiger partial charge in [0.05, 0.1) is 23.7 Å². The summed E-state index contributed by atoms with van der Waals surface area (Å²) in [5.74, 6) is 1.55. The van der Waals surface area contributed by atoms with Crippen LogP contribution in [0.2, 0.25) is 0 Å². The summed E-state index contributed by atoms with van der Waals surface area (Å²) in [6.45, 7) is 3.00. The standard InChI is InChI=1S/C22H27N3O5S/c1-31(28,29)19-4-2-15(3-5-19)13-30-14-17-10-20(17)16-6-8-25(9-7-16)22-23-11-18(12-24-22)21(26)27/h2-5,11-12,16-17,20H,6-10,13-14H2,1H3,(H,26,27)/t17-,20+/m0/s1. The van der Waals surface area contributed by atoms with Gasteiger partial charge in [-0.2, -0.15) is 0 Å². The summed E-state index contributed by atoms with van der Waals surface area (Å²) in [6, 6.07) is 6.87. The van der Waals surface area contributed by atoms with Gasteiger partial charge in [-0.3, -0.25) is 0 Å². The van der Waals surface area contributed by atoms with Crippen molar-refractivity contribution in [3.8, 4) is 0 Å². The maximum atomic E-state index is 11.5. The minimum absolute atomic E-state index is 0.103. The second-order valence-corrected chi connectivity index (χ2v) is 10.5. The van der Waals surface area contributed by atoms with E-state index in [2.05, 4.69) is 14.9 Å². The minimum atomic E-state index is -3.17. The SMILES string of the molecule is CS(=O)(=O)c1ccc(COC[C@@H]2C[C@@H]2C2CCN(c3ncc(C(=O)O)cn3)CC2)cc1. The van der Waals surface area contributed by atoms with Crippen molar-refractivity contribution in [2.24, 2.45) is 17.8 Å². The van der Waals surface area contributed by atoms with Crippen LogP contribution in [0.4, 0.5) is 5.95 Å². The molecule has 1 N–H and O–H groups in total. The first-order valence-electron chi connectivity index (χ1n) is 10.5. The summed E-state index contributed by atoms with van der Waals surface area (Å²) in [7, 11) is -3.17. The number of rotatable bonds is 8. The Morgan fingerprint density at radius 1 is 1.16 bits per heavy atom. The average Bonchev–Trinajstić information content (AvgIpc) is 3.53. The fourth-order valence-electron chi connectivity index (χ4n) is 4.32. The molecular formula is C22H27N3O5S. The molecule has 2 aromatic rings. The Labute approximate surface area is 182 Å². The molecule has 0 unspecified atom stereocenters. The highest BCUT2D eigenvalue weighted by molar-refractivity contribution is 7.90. The molecule has 2 heterocycles. The Morgan fingerprint density at radius 2 is 1.81 bits per heavy atom. The van der Waals surface area contributed by atoms with Gasteiger partial charge in [-0.25, -0.2) is 23.2 Å². The molecule has 0 spiro atoms. The van der Waals surface area contributed by atoms with Crippen molar-refractivity contribution in [1.82, 2.24) is 9.97 Å². The highest BCUT2D eigenvalue weighted by Crippen LogP contribution is 2.48. The number of nitrogens with zero attached hydrogens (tertiary/aromatic N) is 3. The average molecular weight is 446 g/mol. The number of hydrogen-bond acceptors (Lipinski definition) is 7. The van der Waals surface area contributed by atoms with Crippen LogP contribution < -0.4 is 4.90 Å². The first-order chi connectivity index (χ1) is 14.8. The highest BCUT2D eigenvalue weighted by atomic mass is 32.2. The molecule has 9 heteroatoms. The summed E-state index contributed by atoms with van der Waals surface area (Å²) in [4.78, 5) is 21.8. The molecule has 166 valence electrons. The van der Waals surface area contributed by atoms with Crippen molar-refractivity contribution in [1.29, 1.82) is 0 Å². The number of aromatic nitrogens is 2. The normalized spacial score (nSPS) is 21.8. The van der Waals surface area contributed by atoms with Crippen molar-refractivity contribution >= 4 is 21.8 Å². The lowest BCUT2D eigenvalue weighted by molar-refractivity contribution is 0.0696. The van der Waals surface area contributed by atoms with Gasteiger partial charge in [0.1, 0.15) is 0 Å². The Bertz CT molecular complexity index is 1020. The van der Waals surface area contributed by atoms with E-state index in [9.17, 15) is 13.2 Å². The maximum absolute atomic E-state index is 11.5. The summed E-state index contributed by atoms with van der Waals surface area (Å²) >= 11 is 0. The summed E-state index contributed by atoms with van der Waals surface area (Å²) in [5, 5.41) is 8.95. The summed E-state index contributed by atoms with van der Waals surface area (Å²) < 4.78 is 28.9. The Balaban J connectivity index is 1.18. The molecule has 1 aromatic heterocycles. The van der Waals surface area contributed by atoms with E-state index in [1.807, 2.05) is 12.1 Å². The summed E-state index contributed by atoms with van der Waals surface area (Å²) in [6.07, 6.45) is 7.29. The third-order valence-corrected chi connectivity index (χ3v) is 7.37. The largest absolute Gasteiger partial charge is 0.478 e. The van der Waals surface area contributed by atoms with E-state index in [1.165, 1.54) is 25.1 Å². The van der Waals surface area contributed by atoms with Crippen molar-refractivity contribution in [2.45, 2.75) is 30.8 Å². The van der Waals surface area contributed by atoms with Crippen LogP contribution in [-0.4, -0.2) is 55.4 Å². The van der Waals surface area contributed by atoms with E-state index in [1.54, 1.807) is 12.1 Å². The zero-order valence-electron chi connectivity index (χ0n) is 17.5. The van der Waals surface area contributed by atoms with Crippen molar-refractivity contribution < 1.29 is 23.1 Å². The van der Waals surface area contributed by atoms with Crippen LogP contribution in [0.3, 0.4) is 0 Å². The van der Waals surface area contributed by atoms with E-state index in [0.29, 0.717) is 35.2 Å². The number of carboxylic acids is 1. The van der Waals surface area contributed by atoms with E-state index >= 15 is 0 Å². The number of hydrogen-bond donors (Lipinski definition) is 1. The third kappa shape index (κ3) is 5.40. The molecule has 1 saturated carbocycles. The molecule has 2 atom stereocenters. The molecule has 1 aliphatic heterocycles. The predicted molar refractivity (Wildman–Crippen MR) is 115 cm³/mol. The van der Waals surface area contributed by atoms with E-state index in [4.69, 9.17) is 9.84 Å². The molecule has 4 rings (SSSR count). The number of aromatic carboxylic acids is 1. The van der Waals surface area contributed by atoms with Gasteiger partial charge in [0.2, 0.25) is 5.95 Å². The van der Waals surface area contributed by atoms with Gasteiger partial charge in [-0.15, -0.1) is 0 Å². The molecule has 8 nitrogen and oxygen atoms in total. The third-order valence-electron chi connectivity index (χ3n) is 6.24. The number of ether oxygens (including phenoxy) is 1. The Morgan fingerprint density at radius 3 is 2.39 bits per heavy atom. The molecular weight excluding hydrogens is 418 g/mol. The lowest BCUT2D eigenvalue weighted by Gasteiger charge is -2.32. The van der Waals surface area contributed by atoms with Gasteiger partial charge < -0.3 is 14.7 Å². The molecule has 31 heavy (non-hydrogen) atoms.